The number of hydrogen-bond acceptors (Lipinski definition) is 8. The Hall–Kier alpha value is -1.58. The summed E-state index contributed by atoms with van der Waals surface area (Å²) in [5.41, 5.74) is 5.85. The average molecular weight is 372 g/mol. The summed E-state index contributed by atoms with van der Waals surface area (Å²) in [6, 6.07) is -0.631. The molecule has 8 nitrogen and oxygen atoms in total. The van der Waals surface area contributed by atoms with Crippen LogP contribution in [-0.4, -0.2) is 59.9 Å². The number of nitrogens with two attached hydrogens (primary N) is 1. The molecule has 2 rings (SSSR count). The van der Waals surface area contributed by atoms with E-state index in [0.717, 1.165) is 0 Å². The smallest absolute Gasteiger partial charge is 0.358 e. The monoisotopic (exact) mass is 372 g/mol. The second-order valence-electron chi connectivity index (χ2n) is 6.95. The van der Waals surface area contributed by atoms with Crippen LogP contribution < -0.4 is 5.73 Å². The Morgan fingerprint density at radius 3 is 2.56 bits per heavy atom. The maximum atomic E-state index is 12.6. The molecule has 140 valence electrons. The standard InChI is InChI=1S/C16H24N2O6S/c1-8(24-15(21)16(2,3)4)23-14(20)11-9(6-22-5)7-25-13-10(17)12(19)18(11)13/h8,10,13H,6-7,17H2,1-5H3/t8?,10?,13-/m1/s1. The maximum Gasteiger partial charge on any atom is 0.358 e. The number of rotatable bonds is 5. The third-order valence-corrected chi connectivity index (χ3v) is 5.12. The summed E-state index contributed by atoms with van der Waals surface area (Å²) in [5, 5.41) is -0.289. The molecule has 2 unspecified atom stereocenters. The number of amides is 1. The molecule has 0 spiro atoms. The first-order valence-corrected chi connectivity index (χ1v) is 8.96. The first-order chi connectivity index (χ1) is 11.6. The van der Waals surface area contributed by atoms with E-state index in [2.05, 4.69) is 0 Å². The van der Waals surface area contributed by atoms with E-state index in [9.17, 15) is 14.4 Å². The molecule has 0 aliphatic carbocycles. The van der Waals surface area contributed by atoms with Gasteiger partial charge in [-0.25, -0.2) is 4.79 Å². The fourth-order valence-electron chi connectivity index (χ4n) is 2.41. The van der Waals surface area contributed by atoms with Gasteiger partial charge >= 0.3 is 11.9 Å². The molecule has 3 atom stereocenters. The molecule has 2 heterocycles. The summed E-state index contributed by atoms with van der Waals surface area (Å²) in [6.45, 7) is 6.75. The molecular weight excluding hydrogens is 348 g/mol. The molecule has 0 aromatic rings. The molecule has 0 bridgehead atoms. The van der Waals surface area contributed by atoms with Gasteiger partial charge in [0.2, 0.25) is 12.2 Å². The van der Waals surface area contributed by atoms with Crippen molar-refractivity contribution in [3.05, 3.63) is 11.3 Å². The number of methoxy groups -OCH3 is 1. The molecule has 2 N–H and O–H groups in total. The van der Waals surface area contributed by atoms with Gasteiger partial charge in [-0.3, -0.25) is 14.5 Å². The lowest BCUT2D eigenvalue weighted by molar-refractivity contribution is -0.190. The molecule has 0 saturated carbocycles. The summed E-state index contributed by atoms with van der Waals surface area (Å²) < 4.78 is 15.5. The van der Waals surface area contributed by atoms with Gasteiger partial charge in [-0.2, -0.15) is 0 Å². The Labute approximate surface area is 151 Å². The number of carbonyl (C=O) groups excluding carboxylic acids is 3. The van der Waals surface area contributed by atoms with Crippen LogP contribution in [0.15, 0.2) is 11.3 Å². The topological polar surface area (TPSA) is 108 Å². The van der Waals surface area contributed by atoms with E-state index in [4.69, 9.17) is 19.9 Å². The molecule has 1 saturated heterocycles. The highest BCUT2D eigenvalue weighted by atomic mass is 32.2. The van der Waals surface area contributed by atoms with Gasteiger partial charge in [0.25, 0.3) is 0 Å². The van der Waals surface area contributed by atoms with Crippen molar-refractivity contribution >= 4 is 29.6 Å². The van der Waals surface area contributed by atoms with Crippen LogP contribution in [-0.2, 0) is 28.6 Å². The normalized spacial score (nSPS) is 24.4. The Morgan fingerprint density at radius 2 is 2.00 bits per heavy atom. The van der Waals surface area contributed by atoms with E-state index >= 15 is 0 Å². The Morgan fingerprint density at radius 1 is 1.36 bits per heavy atom. The Kier molecular flexibility index (Phi) is 5.80. The van der Waals surface area contributed by atoms with Crippen molar-refractivity contribution in [3.8, 4) is 0 Å². The zero-order valence-electron chi connectivity index (χ0n) is 15.0. The second-order valence-corrected chi connectivity index (χ2v) is 8.05. The molecule has 0 aromatic heterocycles. The maximum absolute atomic E-state index is 12.6. The summed E-state index contributed by atoms with van der Waals surface area (Å²) in [5.74, 6) is -1.04. The number of nitrogens with zero attached hydrogens (tertiary/aromatic N) is 1. The van der Waals surface area contributed by atoms with Crippen LogP contribution >= 0.6 is 11.8 Å². The van der Waals surface area contributed by atoms with Gasteiger partial charge in [-0.05, 0) is 26.3 Å². The quantitative estimate of drug-likeness (QED) is 0.425. The van der Waals surface area contributed by atoms with Crippen LogP contribution in [0.2, 0.25) is 0 Å². The first kappa shape index (κ1) is 19.7. The van der Waals surface area contributed by atoms with E-state index < -0.39 is 29.7 Å². The van der Waals surface area contributed by atoms with E-state index in [1.807, 2.05) is 0 Å². The van der Waals surface area contributed by atoms with Gasteiger partial charge in [-0.1, -0.05) is 0 Å². The van der Waals surface area contributed by atoms with E-state index in [1.165, 1.54) is 30.7 Å². The van der Waals surface area contributed by atoms with Gasteiger partial charge in [0, 0.05) is 19.8 Å². The first-order valence-electron chi connectivity index (χ1n) is 7.91. The van der Waals surface area contributed by atoms with Gasteiger partial charge in [-0.15, -0.1) is 11.8 Å². The Balaban J connectivity index is 2.14. The minimum atomic E-state index is -1.08. The molecule has 0 radical (unpaired) electrons. The van der Waals surface area contributed by atoms with Crippen molar-refractivity contribution in [2.24, 2.45) is 11.1 Å². The summed E-state index contributed by atoms with van der Waals surface area (Å²) in [7, 11) is 1.50. The highest BCUT2D eigenvalue weighted by molar-refractivity contribution is 8.00. The SMILES string of the molecule is COCC1=C(C(=O)OC(C)OC(=O)C(C)(C)C)N2C(=O)C(N)[C@H]2SC1. The zero-order valence-corrected chi connectivity index (χ0v) is 15.8. The van der Waals surface area contributed by atoms with E-state index in [0.29, 0.717) is 11.3 Å². The number of ether oxygens (including phenoxy) is 3. The number of esters is 2. The minimum Gasteiger partial charge on any atom is -0.425 e. The van der Waals surface area contributed by atoms with Crippen LogP contribution in [0, 0.1) is 5.41 Å². The van der Waals surface area contributed by atoms with Crippen LogP contribution in [0.4, 0.5) is 0 Å². The molecule has 1 amide bonds. The van der Waals surface area contributed by atoms with E-state index in [1.54, 1.807) is 20.8 Å². The molecule has 1 fully saturated rings. The molecule has 2 aliphatic rings. The largest absolute Gasteiger partial charge is 0.425 e. The van der Waals surface area contributed by atoms with Gasteiger partial charge in [0.05, 0.1) is 12.0 Å². The number of fused-ring (bicyclic) bond motifs is 1. The summed E-state index contributed by atoms with van der Waals surface area (Å²) >= 11 is 1.48. The summed E-state index contributed by atoms with van der Waals surface area (Å²) in [4.78, 5) is 37.9. The molecule has 2 aliphatic heterocycles. The van der Waals surface area contributed by atoms with Gasteiger partial charge in [0.15, 0.2) is 0 Å². The lowest BCUT2D eigenvalue weighted by Crippen LogP contribution is -2.68. The average Bonchev–Trinajstić information content (AvgIpc) is 2.52. The molecule has 9 heteroatoms. The second kappa shape index (κ2) is 7.35. The third-order valence-electron chi connectivity index (χ3n) is 3.76. The highest BCUT2D eigenvalue weighted by Crippen LogP contribution is 2.39. The van der Waals surface area contributed by atoms with Crippen molar-refractivity contribution in [2.45, 2.75) is 45.4 Å². The van der Waals surface area contributed by atoms with Crippen molar-refractivity contribution in [1.29, 1.82) is 0 Å². The Bertz CT molecular complexity index is 612. The minimum absolute atomic E-state index is 0.135. The number of β-lactam (4-membered cyclic amide) rings is 1. The molecule has 0 aromatic carbocycles. The van der Waals surface area contributed by atoms with Crippen LogP contribution in [0.5, 0.6) is 0 Å². The van der Waals surface area contributed by atoms with E-state index in [-0.39, 0.29) is 23.6 Å². The fraction of sp³-hybridized carbons (Fsp3) is 0.688. The lowest BCUT2D eigenvalue weighted by atomic mass is 9.97. The van der Waals surface area contributed by atoms with Crippen LogP contribution in [0.25, 0.3) is 0 Å². The summed E-state index contributed by atoms with van der Waals surface area (Å²) in [6.07, 6.45) is -1.08. The predicted octanol–water partition coefficient (Wildman–Crippen LogP) is 0.608. The predicted molar refractivity (Wildman–Crippen MR) is 91.1 cm³/mol. The van der Waals surface area contributed by atoms with Gasteiger partial charge in [0.1, 0.15) is 17.1 Å². The third kappa shape index (κ3) is 3.99. The number of hydrogen-bond donors (Lipinski definition) is 1. The van der Waals surface area contributed by atoms with Crippen molar-refractivity contribution in [1.82, 2.24) is 4.90 Å². The van der Waals surface area contributed by atoms with Crippen LogP contribution in [0.3, 0.4) is 0 Å². The molecule has 25 heavy (non-hydrogen) atoms. The zero-order chi connectivity index (χ0) is 18.9. The van der Waals surface area contributed by atoms with Crippen molar-refractivity contribution in [2.75, 3.05) is 19.5 Å². The fourth-order valence-corrected chi connectivity index (χ4v) is 3.69. The number of carbonyl (C=O) groups is 3. The lowest BCUT2D eigenvalue weighted by Gasteiger charge is -2.48. The van der Waals surface area contributed by atoms with Gasteiger partial charge < -0.3 is 19.9 Å². The van der Waals surface area contributed by atoms with Crippen molar-refractivity contribution in [3.63, 3.8) is 0 Å². The number of thioether (sulfide) groups is 1. The van der Waals surface area contributed by atoms with Crippen LogP contribution in [0.1, 0.15) is 27.7 Å². The van der Waals surface area contributed by atoms with Crippen molar-refractivity contribution < 1.29 is 28.6 Å². The molecular formula is C16H24N2O6S. The highest BCUT2D eigenvalue weighted by Gasteiger charge is 2.52.